The van der Waals surface area contributed by atoms with Crippen molar-refractivity contribution in [1.82, 2.24) is 4.31 Å². The van der Waals surface area contributed by atoms with Gasteiger partial charge in [-0.3, -0.25) is 9.10 Å². The van der Waals surface area contributed by atoms with Crippen LogP contribution in [0.3, 0.4) is 0 Å². The van der Waals surface area contributed by atoms with E-state index in [4.69, 9.17) is 4.74 Å². The molecule has 0 aromatic carbocycles. The van der Waals surface area contributed by atoms with Gasteiger partial charge >= 0.3 is 5.97 Å². The Bertz CT molecular complexity index is 200. The Morgan fingerprint density at radius 3 is 2.57 bits per heavy atom. The monoisotopic (exact) mass is 221 g/mol. The van der Waals surface area contributed by atoms with Gasteiger partial charge < -0.3 is 9.84 Å². The summed E-state index contributed by atoms with van der Waals surface area (Å²) in [7, 11) is 0. The molecule has 0 spiro atoms. The summed E-state index contributed by atoms with van der Waals surface area (Å²) in [6, 6.07) is -1.04. The number of carbonyl (C=O) groups excluding carboxylic acids is 2. The van der Waals surface area contributed by atoms with Gasteiger partial charge in [-0.15, -0.1) is 0 Å². The fourth-order valence-corrected chi connectivity index (χ4v) is 1.21. The molecule has 0 rings (SSSR count). The molecule has 0 radical (unpaired) electrons. The summed E-state index contributed by atoms with van der Waals surface area (Å²) in [5.74, 6) is -0.649. The first-order chi connectivity index (χ1) is 6.58. The second-order valence-corrected chi connectivity index (χ2v) is 3.12. The molecule has 0 heterocycles. The van der Waals surface area contributed by atoms with E-state index in [0.29, 0.717) is 12.8 Å². The van der Waals surface area contributed by atoms with Gasteiger partial charge in [-0.1, -0.05) is 19.7 Å². The number of hydrogen-bond donors (Lipinski definition) is 2. The minimum Gasteiger partial charge on any atom is -0.464 e. The van der Waals surface area contributed by atoms with Gasteiger partial charge in [-0.05, 0) is 13.3 Å². The third-order valence-corrected chi connectivity index (χ3v) is 2.05. The fourth-order valence-electron chi connectivity index (χ4n) is 0.958. The maximum atomic E-state index is 11.3. The number of hydrogen-bond acceptors (Lipinski definition) is 5. The first kappa shape index (κ1) is 13.2. The van der Waals surface area contributed by atoms with E-state index < -0.39 is 18.1 Å². The molecule has 0 aliphatic carbocycles. The maximum absolute atomic E-state index is 11.3. The minimum atomic E-state index is -1.04. The lowest BCUT2D eigenvalue weighted by Crippen LogP contribution is -2.44. The number of nitrogens with zero attached hydrogens (tertiary/aromatic N) is 1. The summed E-state index contributed by atoms with van der Waals surface area (Å²) >= 11 is 3.75. The molecular weight excluding hydrogens is 206 g/mol. The van der Waals surface area contributed by atoms with E-state index in [2.05, 4.69) is 12.8 Å². The second-order valence-electron chi connectivity index (χ2n) is 2.66. The lowest BCUT2D eigenvalue weighted by molar-refractivity contribution is -0.153. The maximum Gasteiger partial charge on any atom is 0.332 e. The van der Waals surface area contributed by atoms with Crippen LogP contribution in [0.5, 0.6) is 0 Å². The lowest BCUT2D eigenvalue weighted by atomic mass is 10.1. The molecule has 0 aliphatic heterocycles. The summed E-state index contributed by atoms with van der Waals surface area (Å²) in [5, 5.41) is 9.47. The van der Waals surface area contributed by atoms with Crippen LogP contribution in [0.25, 0.3) is 0 Å². The molecule has 0 aromatic heterocycles. The highest BCUT2D eigenvalue weighted by molar-refractivity contribution is 7.78. The van der Waals surface area contributed by atoms with Crippen LogP contribution in [0.15, 0.2) is 0 Å². The molecule has 0 saturated heterocycles. The Morgan fingerprint density at radius 2 is 2.21 bits per heavy atom. The number of thiol groups is 1. The molecule has 2 unspecified atom stereocenters. The SMILES string of the molecule is CCOC(=O)C(C(O)CC)N(S)C=O. The Labute approximate surface area is 88.6 Å². The van der Waals surface area contributed by atoms with E-state index in [1.165, 1.54) is 0 Å². The number of esters is 1. The normalized spacial score (nSPS) is 14.3. The van der Waals surface area contributed by atoms with Gasteiger partial charge in [0.2, 0.25) is 6.41 Å². The number of amides is 1. The van der Waals surface area contributed by atoms with Crippen molar-refractivity contribution in [3.63, 3.8) is 0 Å². The zero-order valence-electron chi connectivity index (χ0n) is 8.21. The standard InChI is InChI=1S/C8H15NO4S/c1-3-6(11)7(9(14)5-10)8(12)13-4-2/h5-7,11,14H,3-4H2,1-2H3. The number of aliphatic hydroxyl groups excluding tert-OH is 1. The molecule has 0 bridgehead atoms. The molecule has 14 heavy (non-hydrogen) atoms. The third-order valence-electron chi connectivity index (χ3n) is 1.70. The number of aliphatic hydroxyl groups is 1. The topological polar surface area (TPSA) is 66.8 Å². The van der Waals surface area contributed by atoms with E-state index in [-0.39, 0.29) is 6.61 Å². The van der Waals surface area contributed by atoms with Gasteiger partial charge in [0.25, 0.3) is 0 Å². The van der Waals surface area contributed by atoms with Crippen molar-refractivity contribution in [3.8, 4) is 0 Å². The third kappa shape index (κ3) is 3.55. The van der Waals surface area contributed by atoms with E-state index in [9.17, 15) is 14.7 Å². The molecule has 0 saturated carbocycles. The van der Waals surface area contributed by atoms with Crippen molar-refractivity contribution in [2.45, 2.75) is 32.4 Å². The Morgan fingerprint density at radius 1 is 1.64 bits per heavy atom. The van der Waals surface area contributed by atoms with Crippen LogP contribution in [0.1, 0.15) is 20.3 Å². The highest BCUT2D eigenvalue weighted by Gasteiger charge is 2.31. The summed E-state index contributed by atoms with van der Waals surface area (Å²) in [5.41, 5.74) is 0. The zero-order valence-corrected chi connectivity index (χ0v) is 9.11. The van der Waals surface area contributed by atoms with Gasteiger partial charge in [0.1, 0.15) is 0 Å². The van der Waals surface area contributed by atoms with Crippen molar-refractivity contribution >= 4 is 25.2 Å². The molecular formula is C8H15NO4S. The number of rotatable bonds is 6. The van der Waals surface area contributed by atoms with Crippen LogP contribution in [-0.4, -0.2) is 40.5 Å². The quantitative estimate of drug-likeness (QED) is 0.376. The Hall–Kier alpha value is -0.750. The van der Waals surface area contributed by atoms with Crippen LogP contribution in [0, 0.1) is 0 Å². The lowest BCUT2D eigenvalue weighted by Gasteiger charge is -2.25. The molecule has 2 atom stereocenters. The largest absolute Gasteiger partial charge is 0.464 e. The van der Waals surface area contributed by atoms with Crippen LogP contribution in [-0.2, 0) is 14.3 Å². The van der Waals surface area contributed by atoms with E-state index in [1.807, 2.05) is 0 Å². The van der Waals surface area contributed by atoms with E-state index >= 15 is 0 Å². The van der Waals surface area contributed by atoms with Crippen molar-refractivity contribution in [3.05, 3.63) is 0 Å². The molecule has 1 N–H and O–H groups in total. The van der Waals surface area contributed by atoms with Crippen molar-refractivity contribution in [1.29, 1.82) is 0 Å². The van der Waals surface area contributed by atoms with Crippen LogP contribution >= 0.6 is 12.8 Å². The molecule has 0 fully saturated rings. The van der Waals surface area contributed by atoms with Gasteiger partial charge in [-0.25, -0.2) is 4.79 Å². The van der Waals surface area contributed by atoms with Crippen LogP contribution < -0.4 is 0 Å². The van der Waals surface area contributed by atoms with Crippen LogP contribution in [0.4, 0.5) is 0 Å². The van der Waals surface area contributed by atoms with Crippen molar-refractivity contribution in [2.24, 2.45) is 0 Å². The predicted molar refractivity (Wildman–Crippen MR) is 53.6 cm³/mol. The highest BCUT2D eigenvalue weighted by atomic mass is 32.1. The fraction of sp³-hybridized carbons (Fsp3) is 0.750. The minimum absolute atomic E-state index is 0.201. The molecule has 82 valence electrons. The average Bonchev–Trinajstić information content (AvgIpc) is 2.17. The van der Waals surface area contributed by atoms with Gasteiger partial charge in [0, 0.05) is 0 Å². The molecule has 6 heteroatoms. The van der Waals surface area contributed by atoms with Gasteiger partial charge in [0.05, 0.1) is 12.7 Å². The average molecular weight is 221 g/mol. The molecule has 5 nitrogen and oxygen atoms in total. The van der Waals surface area contributed by atoms with Gasteiger partial charge in [-0.2, -0.15) is 0 Å². The number of ether oxygens (including phenoxy) is 1. The number of carbonyl (C=O) groups is 2. The summed E-state index contributed by atoms with van der Waals surface area (Å²) in [6.45, 7) is 3.55. The van der Waals surface area contributed by atoms with Crippen molar-refractivity contribution in [2.75, 3.05) is 6.61 Å². The van der Waals surface area contributed by atoms with E-state index in [0.717, 1.165) is 4.31 Å². The molecule has 0 aromatic rings. The first-order valence-corrected chi connectivity index (χ1v) is 4.75. The predicted octanol–water partition coefficient (Wildman–Crippen LogP) is -0.00780. The Kier molecular flexibility index (Phi) is 6.31. The second kappa shape index (κ2) is 6.67. The zero-order chi connectivity index (χ0) is 11.1. The van der Waals surface area contributed by atoms with Crippen LogP contribution in [0.2, 0.25) is 0 Å². The highest BCUT2D eigenvalue weighted by Crippen LogP contribution is 2.10. The van der Waals surface area contributed by atoms with Crippen molar-refractivity contribution < 1.29 is 19.4 Å². The summed E-state index contributed by atoms with van der Waals surface area (Å²) in [4.78, 5) is 21.7. The molecule has 0 aliphatic rings. The van der Waals surface area contributed by atoms with Gasteiger partial charge in [0.15, 0.2) is 6.04 Å². The molecule has 1 amide bonds. The van der Waals surface area contributed by atoms with E-state index in [1.54, 1.807) is 13.8 Å². The first-order valence-electron chi connectivity index (χ1n) is 4.35. The summed E-state index contributed by atoms with van der Waals surface area (Å²) in [6.07, 6.45) is -0.255. The Balaban J connectivity index is 4.53. The smallest absolute Gasteiger partial charge is 0.332 e. The summed E-state index contributed by atoms with van der Waals surface area (Å²) < 4.78 is 5.51.